The van der Waals surface area contributed by atoms with Gasteiger partial charge in [0.05, 0.1) is 11.6 Å². The van der Waals surface area contributed by atoms with Gasteiger partial charge in [0.25, 0.3) is 5.56 Å². The van der Waals surface area contributed by atoms with E-state index in [2.05, 4.69) is 10.3 Å². The van der Waals surface area contributed by atoms with Crippen LogP contribution in [0.3, 0.4) is 0 Å². The van der Waals surface area contributed by atoms with Crippen molar-refractivity contribution < 1.29 is 0 Å². The molecule has 2 aromatic rings. The predicted octanol–water partition coefficient (Wildman–Crippen LogP) is 1.83. The van der Waals surface area contributed by atoms with Crippen LogP contribution in [-0.2, 0) is 6.42 Å². The first-order valence-electron chi connectivity index (χ1n) is 6.77. The van der Waals surface area contributed by atoms with Crippen molar-refractivity contribution in [3.63, 3.8) is 0 Å². The number of fused-ring (bicyclic) bond motifs is 1. The van der Waals surface area contributed by atoms with Gasteiger partial charge in [-0.25, -0.2) is 4.79 Å². The molecule has 0 aliphatic carbocycles. The maximum atomic E-state index is 12.4. The van der Waals surface area contributed by atoms with Gasteiger partial charge >= 0.3 is 5.69 Å². The first kappa shape index (κ1) is 12.7. The molecule has 3 rings (SSSR count). The molecule has 1 atom stereocenters. The Morgan fingerprint density at radius 3 is 2.55 bits per heavy atom. The Kier molecular flexibility index (Phi) is 2.97. The molecule has 0 bridgehead atoms. The largest absolute Gasteiger partial charge is 0.364 e. The van der Waals surface area contributed by atoms with Gasteiger partial charge in [-0.1, -0.05) is 30.3 Å². The molecule has 2 heterocycles. The van der Waals surface area contributed by atoms with Crippen LogP contribution in [0, 0.1) is 0 Å². The average Bonchev–Trinajstić information content (AvgIpc) is 2.83. The van der Waals surface area contributed by atoms with Crippen LogP contribution in [0.5, 0.6) is 0 Å². The summed E-state index contributed by atoms with van der Waals surface area (Å²) >= 11 is 0. The lowest BCUT2D eigenvalue weighted by Gasteiger charge is -2.10. The van der Waals surface area contributed by atoms with Crippen molar-refractivity contribution in [3.05, 3.63) is 62.3 Å². The van der Waals surface area contributed by atoms with Gasteiger partial charge in [0.15, 0.2) is 0 Å². The van der Waals surface area contributed by atoms with E-state index in [-0.39, 0.29) is 23.3 Å². The number of hydrogen-bond acceptors (Lipinski definition) is 3. The number of aromatic nitrogens is 2. The first-order valence-corrected chi connectivity index (χ1v) is 6.77. The number of benzene rings is 1. The van der Waals surface area contributed by atoms with E-state index in [0.717, 1.165) is 5.56 Å². The van der Waals surface area contributed by atoms with Crippen molar-refractivity contribution in [2.75, 3.05) is 5.32 Å². The third kappa shape index (κ3) is 1.95. The van der Waals surface area contributed by atoms with Crippen LogP contribution in [0.15, 0.2) is 39.9 Å². The topological polar surface area (TPSA) is 66.9 Å². The van der Waals surface area contributed by atoms with Gasteiger partial charge in [0, 0.05) is 12.5 Å². The van der Waals surface area contributed by atoms with Crippen LogP contribution in [-0.4, -0.2) is 9.55 Å². The molecule has 0 saturated heterocycles. The van der Waals surface area contributed by atoms with Gasteiger partial charge in [-0.15, -0.1) is 0 Å². The Morgan fingerprint density at radius 1 is 1.20 bits per heavy atom. The van der Waals surface area contributed by atoms with Crippen LogP contribution in [0.1, 0.15) is 37.1 Å². The minimum Gasteiger partial charge on any atom is -0.364 e. The van der Waals surface area contributed by atoms with Crippen molar-refractivity contribution >= 4 is 5.82 Å². The average molecular weight is 271 g/mol. The molecule has 1 aromatic carbocycles. The summed E-state index contributed by atoms with van der Waals surface area (Å²) in [4.78, 5) is 27.1. The van der Waals surface area contributed by atoms with E-state index >= 15 is 0 Å². The normalized spacial score (nSPS) is 17.1. The Balaban J connectivity index is 2.05. The highest BCUT2D eigenvalue weighted by atomic mass is 16.2. The Labute approximate surface area is 116 Å². The number of anilines is 1. The predicted molar refractivity (Wildman–Crippen MR) is 78.2 cm³/mol. The zero-order valence-electron chi connectivity index (χ0n) is 11.5. The standard InChI is InChI=1S/C15H17N3O2/c1-9(2)18-14(19)11-8-12(10-6-4-3-5-7-10)16-13(11)17-15(18)20/h3-7,9,12,16H,8H2,1-2H3,(H,17,20)/t12-/m1/s1. The summed E-state index contributed by atoms with van der Waals surface area (Å²) in [6.07, 6.45) is 0.599. The van der Waals surface area contributed by atoms with Gasteiger partial charge in [0.1, 0.15) is 5.82 Å². The summed E-state index contributed by atoms with van der Waals surface area (Å²) in [6, 6.07) is 9.82. The monoisotopic (exact) mass is 271 g/mol. The SMILES string of the molecule is CC(C)n1c(=O)[nH]c2c(c1=O)C[C@H](c1ccccc1)N2. The molecule has 0 saturated carbocycles. The molecule has 104 valence electrons. The molecule has 1 aromatic heterocycles. The van der Waals surface area contributed by atoms with E-state index in [9.17, 15) is 9.59 Å². The quantitative estimate of drug-likeness (QED) is 0.875. The molecule has 20 heavy (non-hydrogen) atoms. The lowest BCUT2D eigenvalue weighted by Crippen LogP contribution is -2.37. The Hall–Kier alpha value is -2.30. The summed E-state index contributed by atoms with van der Waals surface area (Å²) in [5.41, 5.74) is 1.22. The molecule has 0 radical (unpaired) electrons. The van der Waals surface area contributed by atoms with E-state index in [0.29, 0.717) is 17.8 Å². The Bertz CT molecular complexity index is 744. The molecule has 0 amide bonds. The van der Waals surface area contributed by atoms with E-state index in [4.69, 9.17) is 0 Å². The highest BCUT2D eigenvalue weighted by Gasteiger charge is 2.27. The third-order valence-corrected chi connectivity index (χ3v) is 3.67. The number of nitrogens with one attached hydrogen (secondary N) is 2. The highest BCUT2D eigenvalue weighted by molar-refractivity contribution is 5.51. The van der Waals surface area contributed by atoms with Crippen molar-refractivity contribution in [1.29, 1.82) is 0 Å². The zero-order chi connectivity index (χ0) is 14.3. The summed E-state index contributed by atoms with van der Waals surface area (Å²) in [7, 11) is 0. The van der Waals surface area contributed by atoms with Crippen molar-refractivity contribution in [1.82, 2.24) is 9.55 Å². The second kappa shape index (κ2) is 4.67. The molecular formula is C15H17N3O2. The van der Waals surface area contributed by atoms with E-state index in [1.54, 1.807) is 0 Å². The number of nitrogens with zero attached hydrogens (tertiary/aromatic N) is 1. The summed E-state index contributed by atoms with van der Waals surface area (Å²) in [5, 5.41) is 3.23. The number of H-pyrrole nitrogens is 1. The molecule has 0 fully saturated rings. The fraction of sp³-hybridized carbons (Fsp3) is 0.333. The molecule has 1 aliphatic rings. The van der Waals surface area contributed by atoms with E-state index in [1.165, 1.54) is 4.57 Å². The van der Waals surface area contributed by atoms with Gasteiger partial charge in [-0.3, -0.25) is 14.3 Å². The minimum absolute atomic E-state index is 0.0394. The molecule has 2 N–H and O–H groups in total. The fourth-order valence-corrected chi connectivity index (χ4v) is 2.68. The molecule has 0 spiro atoms. The van der Waals surface area contributed by atoms with Crippen LogP contribution in [0.2, 0.25) is 0 Å². The van der Waals surface area contributed by atoms with E-state index in [1.807, 2.05) is 44.2 Å². The first-order chi connectivity index (χ1) is 9.58. The maximum absolute atomic E-state index is 12.4. The van der Waals surface area contributed by atoms with Crippen molar-refractivity contribution in [2.24, 2.45) is 0 Å². The second-order valence-electron chi connectivity index (χ2n) is 5.36. The van der Waals surface area contributed by atoms with Gasteiger partial charge < -0.3 is 5.32 Å². The van der Waals surface area contributed by atoms with Crippen LogP contribution >= 0.6 is 0 Å². The van der Waals surface area contributed by atoms with Gasteiger partial charge in [0.2, 0.25) is 0 Å². The Morgan fingerprint density at radius 2 is 1.90 bits per heavy atom. The highest BCUT2D eigenvalue weighted by Crippen LogP contribution is 2.29. The molecular weight excluding hydrogens is 254 g/mol. The molecule has 5 nitrogen and oxygen atoms in total. The second-order valence-corrected chi connectivity index (χ2v) is 5.36. The number of rotatable bonds is 2. The lowest BCUT2D eigenvalue weighted by molar-refractivity contribution is 0.543. The number of aromatic amines is 1. The minimum atomic E-state index is -0.357. The summed E-state index contributed by atoms with van der Waals surface area (Å²) < 4.78 is 1.27. The maximum Gasteiger partial charge on any atom is 0.330 e. The van der Waals surface area contributed by atoms with Gasteiger partial charge in [-0.2, -0.15) is 0 Å². The van der Waals surface area contributed by atoms with E-state index < -0.39 is 0 Å². The van der Waals surface area contributed by atoms with Crippen molar-refractivity contribution in [3.8, 4) is 0 Å². The lowest BCUT2D eigenvalue weighted by atomic mass is 10.0. The van der Waals surface area contributed by atoms with Gasteiger partial charge in [-0.05, 0) is 19.4 Å². The van der Waals surface area contributed by atoms with Crippen LogP contribution < -0.4 is 16.6 Å². The molecule has 0 unspecified atom stereocenters. The zero-order valence-corrected chi connectivity index (χ0v) is 11.5. The van der Waals surface area contributed by atoms with Crippen LogP contribution in [0.25, 0.3) is 0 Å². The smallest absolute Gasteiger partial charge is 0.330 e. The molecule has 1 aliphatic heterocycles. The summed E-state index contributed by atoms with van der Waals surface area (Å²) in [6.45, 7) is 3.67. The fourth-order valence-electron chi connectivity index (χ4n) is 2.68. The number of hydrogen-bond donors (Lipinski definition) is 2. The molecule has 5 heteroatoms. The van der Waals surface area contributed by atoms with Crippen LogP contribution in [0.4, 0.5) is 5.82 Å². The van der Waals surface area contributed by atoms with Crippen molar-refractivity contribution in [2.45, 2.75) is 32.4 Å². The third-order valence-electron chi connectivity index (χ3n) is 3.67. The summed E-state index contributed by atoms with van der Waals surface area (Å²) in [5.74, 6) is 0.561.